The Morgan fingerprint density at radius 1 is 1.15 bits per heavy atom. The molecule has 1 N–H and O–H groups in total. The van der Waals surface area contributed by atoms with E-state index in [1.165, 1.54) is 24.8 Å². The molecule has 0 bridgehead atoms. The molecule has 0 saturated carbocycles. The largest absolute Gasteiger partial charge is 0.495 e. The number of benzene rings is 2. The van der Waals surface area contributed by atoms with Crippen molar-refractivity contribution in [2.75, 3.05) is 18.6 Å². The number of nitrogens with one attached hydrogen (secondary N) is 1. The summed E-state index contributed by atoms with van der Waals surface area (Å²) in [6, 6.07) is 12.3. The molecule has 1 amide bonds. The normalized spacial score (nSPS) is 14.6. The zero-order valence-electron chi connectivity index (χ0n) is 19.7. The Kier molecular flexibility index (Phi) is 6.46. The van der Waals surface area contributed by atoms with Crippen LogP contribution in [0.3, 0.4) is 0 Å². The Morgan fingerprint density at radius 3 is 2.50 bits per heavy atom. The number of carbonyl (C=O) groups is 1. The van der Waals surface area contributed by atoms with Crippen molar-refractivity contribution in [3.63, 3.8) is 0 Å². The smallest absolute Gasteiger partial charge is 0.242 e. The average Bonchev–Trinajstić information content (AvgIpc) is 3.46. The van der Waals surface area contributed by atoms with Gasteiger partial charge in [-0.25, -0.2) is 13.1 Å². The fourth-order valence-electron chi connectivity index (χ4n) is 3.75. The number of hydrogen-bond donors (Lipinski definition) is 1. The maximum absolute atomic E-state index is 12.9. The van der Waals surface area contributed by atoms with Crippen LogP contribution in [0, 0.1) is 0 Å². The van der Waals surface area contributed by atoms with Crippen LogP contribution in [0.4, 0.5) is 5.69 Å². The van der Waals surface area contributed by atoms with Crippen LogP contribution in [0.1, 0.15) is 45.1 Å². The minimum Gasteiger partial charge on any atom is -0.495 e. The Balaban J connectivity index is 1.49. The van der Waals surface area contributed by atoms with Gasteiger partial charge in [-0.05, 0) is 35.6 Å². The topological polar surface area (TPSA) is 115 Å². The summed E-state index contributed by atoms with van der Waals surface area (Å²) < 4.78 is 38.9. The Morgan fingerprint density at radius 2 is 1.88 bits per heavy atom. The van der Waals surface area contributed by atoms with Gasteiger partial charge in [0.15, 0.2) is 0 Å². The molecule has 4 rings (SSSR count). The molecule has 1 fully saturated rings. The number of hydrogen-bond acceptors (Lipinski definition) is 7. The zero-order valence-corrected chi connectivity index (χ0v) is 20.5. The first-order chi connectivity index (χ1) is 16.1. The number of methoxy groups -OCH3 is 1. The number of rotatable bonds is 7. The molecule has 0 radical (unpaired) electrons. The molecule has 3 aromatic rings. The van der Waals surface area contributed by atoms with E-state index < -0.39 is 10.0 Å². The molecule has 2 aromatic carbocycles. The van der Waals surface area contributed by atoms with Crippen LogP contribution in [-0.2, 0) is 26.8 Å². The summed E-state index contributed by atoms with van der Waals surface area (Å²) in [5.41, 5.74) is 2.43. The number of sulfonamides is 1. The number of aromatic nitrogens is 2. The monoisotopic (exact) mass is 484 g/mol. The van der Waals surface area contributed by atoms with Gasteiger partial charge in [-0.1, -0.05) is 50.2 Å². The summed E-state index contributed by atoms with van der Waals surface area (Å²) in [4.78, 5) is 18.1. The van der Waals surface area contributed by atoms with Gasteiger partial charge in [0.25, 0.3) is 0 Å². The predicted octanol–water partition coefficient (Wildman–Crippen LogP) is 3.65. The number of anilines is 1. The molecule has 0 aliphatic carbocycles. The lowest BCUT2D eigenvalue weighted by Gasteiger charge is -2.20. The molecule has 10 heteroatoms. The number of ether oxygens (including phenoxy) is 1. The minimum absolute atomic E-state index is 0.0144. The van der Waals surface area contributed by atoms with Gasteiger partial charge in [-0.3, -0.25) is 4.79 Å². The van der Waals surface area contributed by atoms with Crippen molar-refractivity contribution in [2.45, 2.75) is 50.5 Å². The predicted molar refractivity (Wildman–Crippen MR) is 127 cm³/mol. The molecule has 9 nitrogen and oxygen atoms in total. The van der Waals surface area contributed by atoms with Crippen LogP contribution in [-0.4, -0.2) is 38.1 Å². The summed E-state index contributed by atoms with van der Waals surface area (Å²) in [6.45, 7) is 6.76. The van der Waals surface area contributed by atoms with Gasteiger partial charge >= 0.3 is 0 Å². The van der Waals surface area contributed by atoms with Crippen molar-refractivity contribution >= 4 is 21.6 Å². The van der Waals surface area contributed by atoms with Crippen molar-refractivity contribution in [3.05, 3.63) is 53.9 Å². The zero-order chi connectivity index (χ0) is 24.5. The number of carbonyl (C=O) groups excluding carboxylic acids is 1. The first kappa shape index (κ1) is 23.9. The third-order valence-electron chi connectivity index (χ3n) is 5.72. The first-order valence-electron chi connectivity index (χ1n) is 11.0. The highest BCUT2D eigenvalue weighted by Crippen LogP contribution is 2.33. The third kappa shape index (κ3) is 4.97. The van der Waals surface area contributed by atoms with Crippen LogP contribution in [0.15, 0.2) is 51.9 Å². The lowest BCUT2D eigenvalue weighted by atomic mass is 9.87. The highest BCUT2D eigenvalue weighted by atomic mass is 32.2. The summed E-state index contributed by atoms with van der Waals surface area (Å²) in [6.07, 6.45) is 1.15. The second-order valence-corrected chi connectivity index (χ2v) is 10.9. The van der Waals surface area contributed by atoms with Crippen molar-refractivity contribution in [3.8, 4) is 17.1 Å². The van der Waals surface area contributed by atoms with Crippen LogP contribution >= 0.6 is 0 Å². The average molecular weight is 485 g/mol. The highest BCUT2D eigenvalue weighted by molar-refractivity contribution is 7.89. The maximum Gasteiger partial charge on any atom is 0.242 e. The molecular weight excluding hydrogens is 456 g/mol. The van der Waals surface area contributed by atoms with Crippen LogP contribution in [0.2, 0.25) is 0 Å². The molecule has 180 valence electrons. The summed E-state index contributed by atoms with van der Waals surface area (Å²) in [5.74, 6) is 0.902. The van der Waals surface area contributed by atoms with Crippen molar-refractivity contribution < 1.29 is 22.5 Å². The second-order valence-electron chi connectivity index (χ2n) is 9.15. The van der Waals surface area contributed by atoms with E-state index in [-0.39, 0.29) is 28.7 Å². The van der Waals surface area contributed by atoms with Gasteiger partial charge in [0.1, 0.15) is 5.75 Å². The molecule has 34 heavy (non-hydrogen) atoms. The van der Waals surface area contributed by atoms with Crippen molar-refractivity contribution in [2.24, 2.45) is 0 Å². The Labute approximate surface area is 199 Å². The molecule has 1 aliphatic rings. The van der Waals surface area contributed by atoms with Crippen LogP contribution in [0.5, 0.6) is 5.75 Å². The van der Waals surface area contributed by atoms with E-state index in [1.54, 1.807) is 11.0 Å². The number of nitrogens with zero attached hydrogens (tertiary/aromatic N) is 3. The quantitative estimate of drug-likeness (QED) is 0.544. The first-order valence-corrected chi connectivity index (χ1v) is 12.5. The number of amides is 1. The fourth-order valence-corrected chi connectivity index (χ4v) is 4.75. The van der Waals surface area contributed by atoms with Gasteiger partial charge in [0, 0.05) is 18.5 Å². The maximum atomic E-state index is 12.9. The van der Waals surface area contributed by atoms with Gasteiger partial charge in [-0.15, -0.1) is 0 Å². The van der Waals surface area contributed by atoms with Crippen LogP contribution < -0.4 is 14.4 Å². The molecule has 0 spiro atoms. The summed E-state index contributed by atoms with van der Waals surface area (Å²) in [7, 11) is -2.42. The van der Waals surface area contributed by atoms with E-state index >= 15 is 0 Å². The minimum atomic E-state index is -3.90. The molecule has 1 aliphatic heterocycles. The Bertz CT molecular complexity index is 1290. The molecule has 0 unspecified atom stereocenters. The standard InChI is InChI=1S/C24H28N4O5S/c1-24(2,3)17-9-7-16(8-10-17)23-26-21(33-27-23)15-25-34(30,31)18-11-12-20(32-4)19(14-18)28-13-5-6-22(28)29/h7-12,14,25H,5-6,13,15H2,1-4H3. The third-order valence-corrected chi connectivity index (χ3v) is 7.11. The molecule has 2 heterocycles. The Hall–Kier alpha value is -3.24. The van der Waals surface area contributed by atoms with Crippen LogP contribution in [0.25, 0.3) is 11.4 Å². The van der Waals surface area contributed by atoms with E-state index in [0.29, 0.717) is 30.2 Å². The molecular formula is C24H28N4O5S. The second kappa shape index (κ2) is 9.19. The SMILES string of the molecule is COc1ccc(S(=O)(=O)NCc2nc(-c3ccc(C(C)(C)C)cc3)no2)cc1N1CCCC1=O. The van der Waals surface area contributed by atoms with E-state index in [0.717, 1.165) is 12.0 Å². The van der Waals surface area contributed by atoms with Gasteiger partial charge in [0.2, 0.25) is 27.6 Å². The van der Waals surface area contributed by atoms with E-state index in [2.05, 4.69) is 35.6 Å². The highest BCUT2D eigenvalue weighted by Gasteiger charge is 2.27. The molecule has 1 saturated heterocycles. The van der Waals surface area contributed by atoms with E-state index in [1.807, 2.05) is 24.3 Å². The summed E-state index contributed by atoms with van der Waals surface area (Å²) in [5, 5.41) is 3.97. The summed E-state index contributed by atoms with van der Waals surface area (Å²) >= 11 is 0. The lowest BCUT2D eigenvalue weighted by molar-refractivity contribution is -0.117. The van der Waals surface area contributed by atoms with Gasteiger partial charge in [0.05, 0.1) is 24.2 Å². The van der Waals surface area contributed by atoms with Crippen molar-refractivity contribution in [1.29, 1.82) is 0 Å². The van der Waals surface area contributed by atoms with E-state index in [9.17, 15) is 13.2 Å². The lowest BCUT2D eigenvalue weighted by Crippen LogP contribution is -2.26. The molecule has 1 aromatic heterocycles. The van der Waals surface area contributed by atoms with E-state index in [4.69, 9.17) is 9.26 Å². The van der Waals surface area contributed by atoms with Gasteiger partial charge in [-0.2, -0.15) is 4.98 Å². The molecule has 0 atom stereocenters. The fraction of sp³-hybridized carbons (Fsp3) is 0.375. The van der Waals surface area contributed by atoms with Gasteiger partial charge < -0.3 is 14.2 Å². The van der Waals surface area contributed by atoms with Crippen molar-refractivity contribution in [1.82, 2.24) is 14.9 Å².